The van der Waals surface area contributed by atoms with Crippen LogP contribution in [0, 0.1) is 5.82 Å². The number of benzene rings is 1. The van der Waals surface area contributed by atoms with E-state index in [0.29, 0.717) is 11.0 Å². The van der Waals surface area contributed by atoms with Crippen LogP contribution in [0.5, 0.6) is 0 Å². The average Bonchev–Trinajstić information content (AvgIpc) is 2.36. The lowest BCUT2D eigenvalue weighted by molar-refractivity contribution is -0.124. The summed E-state index contributed by atoms with van der Waals surface area (Å²) < 4.78 is 18.2. The molecule has 0 radical (unpaired) electrons. The third-order valence-corrected chi connectivity index (χ3v) is 2.75. The fourth-order valence-electron chi connectivity index (χ4n) is 1.18. The van der Waals surface area contributed by atoms with Gasteiger partial charge in [0.15, 0.2) is 6.61 Å². The average molecular weight is 318 g/mol. The molecule has 1 amide bonds. The molecule has 0 aromatic heterocycles. The molecule has 0 unspecified atom stereocenters. The second-order valence-corrected chi connectivity index (χ2v) is 4.40. The predicted molar refractivity (Wildman–Crippen MR) is 67.7 cm³/mol. The summed E-state index contributed by atoms with van der Waals surface area (Å²) in [6, 6.07) is 3.67. The lowest BCUT2D eigenvalue weighted by atomic mass is 10.2. The molecule has 0 saturated carbocycles. The van der Waals surface area contributed by atoms with Crippen molar-refractivity contribution in [3.05, 3.63) is 34.1 Å². The molecular formula is C12H13BrFNO3. The van der Waals surface area contributed by atoms with E-state index in [0.717, 1.165) is 12.5 Å². The molecule has 0 aliphatic heterocycles. The van der Waals surface area contributed by atoms with Crippen molar-refractivity contribution in [3.8, 4) is 0 Å². The standard InChI is InChI=1S/C12H13BrFNO3/c1-2-5-15-11(16)7-18-12(17)9-6-8(14)3-4-10(9)13/h3-4,6H,2,5,7H2,1H3,(H,15,16). The normalized spacial score (nSPS) is 9.94. The summed E-state index contributed by atoms with van der Waals surface area (Å²) in [6.45, 7) is 2.07. The van der Waals surface area contributed by atoms with Crippen LogP contribution in [0.4, 0.5) is 4.39 Å². The van der Waals surface area contributed by atoms with Gasteiger partial charge in [-0.05, 0) is 40.5 Å². The molecule has 0 aliphatic rings. The Kier molecular flexibility index (Phi) is 5.77. The number of nitrogens with one attached hydrogen (secondary N) is 1. The molecule has 0 saturated heterocycles. The van der Waals surface area contributed by atoms with Crippen LogP contribution >= 0.6 is 15.9 Å². The maximum absolute atomic E-state index is 13.0. The molecule has 0 aliphatic carbocycles. The largest absolute Gasteiger partial charge is 0.452 e. The van der Waals surface area contributed by atoms with Crippen LogP contribution in [0.15, 0.2) is 22.7 Å². The first-order valence-electron chi connectivity index (χ1n) is 5.43. The van der Waals surface area contributed by atoms with Crippen LogP contribution in [0.25, 0.3) is 0 Å². The number of ether oxygens (including phenoxy) is 1. The highest BCUT2D eigenvalue weighted by Crippen LogP contribution is 2.18. The van der Waals surface area contributed by atoms with Crippen molar-refractivity contribution in [1.82, 2.24) is 5.32 Å². The zero-order valence-corrected chi connectivity index (χ0v) is 11.4. The van der Waals surface area contributed by atoms with Crippen LogP contribution < -0.4 is 5.32 Å². The third kappa shape index (κ3) is 4.44. The zero-order valence-electron chi connectivity index (χ0n) is 9.83. The smallest absolute Gasteiger partial charge is 0.339 e. The van der Waals surface area contributed by atoms with Crippen molar-refractivity contribution in [2.45, 2.75) is 13.3 Å². The summed E-state index contributed by atoms with van der Waals surface area (Å²) in [7, 11) is 0. The van der Waals surface area contributed by atoms with Gasteiger partial charge < -0.3 is 10.1 Å². The lowest BCUT2D eigenvalue weighted by Gasteiger charge is -2.06. The molecular weight excluding hydrogens is 305 g/mol. The van der Waals surface area contributed by atoms with Gasteiger partial charge in [-0.3, -0.25) is 4.79 Å². The van der Waals surface area contributed by atoms with Crippen LogP contribution in [-0.2, 0) is 9.53 Å². The Morgan fingerprint density at radius 1 is 1.44 bits per heavy atom. The Labute approximate surface area is 113 Å². The van der Waals surface area contributed by atoms with Gasteiger partial charge in [0.25, 0.3) is 5.91 Å². The molecule has 0 spiro atoms. The van der Waals surface area contributed by atoms with Crippen molar-refractivity contribution >= 4 is 27.8 Å². The number of carbonyl (C=O) groups is 2. The highest BCUT2D eigenvalue weighted by molar-refractivity contribution is 9.10. The van der Waals surface area contributed by atoms with Gasteiger partial charge >= 0.3 is 5.97 Å². The lowest BCUT2D eigenvalue weighted by Crippen LogP contribution is -2.29. The summed E-state index contributed by atoms with van der Waals surface area (Å²) in [6.07, 6.45) is 0.801. The summed E-state index contributed by atoms with van der Waals surface area (Å²) >= 11 is 3.11. The van der Waals surface area contributed by atoms with E-state index >= 15 is 0 Å². The Morgan fingerprint density at radius 2 is 2.17 bits per heavy atom. The number of amides is 1. The SMILES string of the molecule is CCCNC(=O)COC(=O)c1cc(F)ccc1Br. The van der Waals surface area contributed by atoms with E-state index in [1.807, 2.05) is 6.92 Å². The first-order chi connectivity index (χ1) is 8.54. The van der Waals surface area contributed by atoms with Gasteiger partial charge in [-0.1, -0.05) is 6.92 Å². The summed E-state index contributed by atoms with van der Waals surface area (Å²) in [5.41, 5.74) is 0.0540. The quantitative estimate of drug-likeness (QED) is 0.848. The van der Waals surface area contributed by atoms with Gasteiger partial charge in [-0.25, -0.2) is 9.18 Å². The molecule has 0 bridgehead atoms. The van der Waals surface area contributed by atoms with Crippen molar-refractivity contribution in [2.24, 2.45) is 0 Å². The molecule has 6 heteroatoms. The molecule has 1 N–H and O–H groups in total. The summed E-state index contributed by atoms with van der Waals surface area (Å²) in [5, 5.41) is 2.56. The molecule has 0 fully saturated rings. The fraction of sp³-hybridized carbons (Fsp3) is 0.333. The van der Waals surface area contributed by atoms with E-state index in [9.17, 15) is 14.0 Å². The Bertz CT molecular complexity index is 451. The van der Waals surface area contributed by atoms with Crippen LogP contribution in [0.1, 0.15) is 23.7 Å². The molecule has 0 atom stereocenters. The minimum absolute atomic E-state index is 0.0540. The second-order valence-electron chi connectivity index (χ2n) is 3.55. The Morgan fingerprint density at radius 3 is 2.83 bits per heavy atom. The van der Waals surface area contributed by atoms with Gasteiger partial charge in [-0.2, -0.15) is 0 Å². The number of halogens is 2. The van der Waals surface area contributed by atoms with E-state index in [2.05, 4.69) is 21.2 Å². The first kappa shape index (κ1) is 14.6. The van der Waals surface area contributed by atoms with Crippen LogP contribution in [0.2, 0.25) is 0 Å². The van der Waals surface area contributed by atoms with E-state index in [1.165, 1.54) is 12.1 Å². The van der Waals surface area contributed by atoms with Crippen molar-refractivity contribution in [3.63, 3.8) is 0 Å². The minimum atomic E-state index is -0.743. The van der Waals surface area contributed by atoms with E-state index in [1.54, 1.807) is 0 Å². The van der Waals surface area contributed by atoms with E-state index in [-0.39, 0.29) is 18.1 Å². The van der Waals surface area contributed by atoms with E-state index in [4.69, 9.17) is 4.74 Å². The zero-order chi connectivity index (χ0) is 13.5. The monoisotopic (exact) mass is 317 g/mol. The highest BCUT2D eigenvalue weighted by atomic mass is 79.9. The number of hydrogen-bond acceptors (Lipinski definition) is 3. The van der Waals surface area contributed by atoms with Crippen molar-refractivity contribution in [2.75, 3.05) is 13.2 Å². The van der Waals surface area contributed by atoms with Gasteiger partial charge in [0.05, 0.1) is 5.56 Å². The first-order valence-corrected chi connectivity index (χ1v) is 6.22. The fourth-order valence-corrected chi connectivity index (χ4v) is 1.59. The Hall–Kier alpha value is -1.43. The number of esters is 1. The predicted octanol–water partition coefficient (Wildman–Crippen LogP) is 2.27. The summed E-state index contributed by atoms with van der Waals surface area (Å²) in [5.74, 6) is -1.66. The van der Waals surface area contributed by atoms with Gasteiger partial charge in [0.2, 0.25) is 0 Å². The second kappa shape index (κ2) is 7.10. The number of carbonyl (C=O) groups excluding carboxylic acids is 2. The minimum Gasteiger partial charge on any atom is -0.452 e. The number of hydrogen-bond donors (Lipinski definition) is 1. The van der Waals surface area contributed by atoms with Crippen LogP contribution in [-0.4, -0.2) is 25.0 Å². The molecule has 0 heterocycles. The number of rotatable bonds is 5. The van der Waals surface area contributed by atoms with Gasteiger partial charge in [0, 0.05) is 11.0 Å². The molecule has 18 heavy (non-hydrogen) atoms. The summed E-state index contributed by atoms with van der Waals surface area (Å²) in [4.78, 5) is 22.8. The highest BCUT2D eigenvalue weighted by Gasteiger charge is 2.14. The van der Waals surface area contributed by atoms with Gasteiger partial charge in [0.1, 0.15) is 5.82 Å². The maximum atomic E-state index is 13.0. The molecule has 1 rings (SSSR count). The third-order valence-electron chi connectivity index (χ3n) is 2.05. The molecule has 98 valence electrons. The molecule has 1 aromatic carbocycles. The van der Waals surface area contributed by atoms with E-state index < -0.39 is 11.8 Å². The van der Waals surface area contributed by atoms with Crippen molar-refractivity contribution < 1.29 is 18.7 Å². The topological polar surface area (TPSA) is 55.4 Å². The Balaban J connectivity index is 2.55. The molecule has 4 nitrogen and oxygen atoms in total. The van der Waals surface area contributed by atoms with Crippen molar-refractivity contribution in [1.29, 1.82) is 0 Å². The van der Waals surface area contributed by atoms with Crippen LogP contribution in [0.3, 0.4) is 0 Å². The van der Waals surface area contributed by atoms with Gasteiger partial charge in [-0.15, -0.1) is 0 Å². The maximum Gasteiger partial charge on any atom is 0.339 e. The molecule has 1 aromatic rings.